The van der Waals surface area contributed by atoms with Crippen LogP contribution in [0.25, 0.3) is 0 Å². The maximum atomic E-state index is 11.8. The number of alkyl halides is 1. The summed E-state index contributed by atoms with van der Waals surface area (Å²) in [6, 6.07) is 1.71. The first-order chi connectivity index (χ1) is 7.00. The van der Waals surface area contributed by atoms with Crippen molar-refractivity contribution in [2.45, 2.75) is 18.7 Å². The summed E-state index contributed by atoms with van der Waals surface area (Å²) in [4.78, 5) is 13.4. The van der Waals surface area contributed by atoms with Crippen LogP contribution in [0, 0.1) is 0 Å². The van der Waals surface area contributed by atoms with E-state index in [1.54, 1.807) is 35.9 Å². The molecule has 0 aliphatic carbocycles. The molecule has 0 aliphatic heterocycles. The van der Waals surface area contributed by atoms with Gasteiger partial charge in [0.25, 0.3) is 5.91 Å². The number of rotatable bonds is 4. The molecule has 0 N–H and O–H groups in total. The number of hydrogen-bond acceptors (Lipinski definition) is 2. The Morgan fingerprint density at radius 3 is 2.87 bits per heavy atom. The van der Waals surface area contributed by atoms with E-state index >= 15 is 0 Å². The quantitative estimate of drug-likeness (QED) is 0.735. The summed E-state index contributed by atoms with van der Waals surface area (Å²) in [5.74, 6) is -0.0621. The third kappa shape index (κ3) is 3.55. The lowest BCUT2D eigenvalue weighted by Crippen LogP contribution is -2.29. The van der Waals surface area contributed by atoms with Crippen molar-refractivity contribution in [2.24, 2.45) is 7.05 Å². The molecular weight excluding hydrogens is 214 g/mol. The molecule has 0 bridgehead atoms. The number of hydrogen-bond donors (Lipinski definition) is 0. The van der Waals surface area contributed by atoms with Gasteiger partial charge in [0.1, 0.15) is 5.69 Å². The summed E-state index contributed by atoms with van der Waals surface area (Å²) in [7, 11) is 3.55. The number of nitrogens with zero attached hydrogens (tertiary/aromatic N) is 3. The van der Waals surface area contributed by atoms with E-state index < -0.39 is 0 Å². The Balaban J connectivity index is 2.53. The molecule has 0 spiro atoms. The van der Waals surface area contributed by atoms with Crippen LogP contribution in [0.1, 0.15) is 23.8 Å². The van der Waals surface area contributed by atoms with Gasteiger partial charge < -0.3 is 4.90 Å². The van der Waals surface area contributed by atoms with Crippen LogP contribution < -0.4 is 0 Å². The molecule has 1 rings (SSSR count). The van der Waals surface area contributed by atoms with Gasteiger partial charge in [-0.25, -0.2) is 0 Å². The van der Waals surface area contributed by atoms with Gasteiger partial charge >= 0.3 is 0 Å². The summed E-state index contributed by atoms with van der Waals surface area (Å²) in [6.45, 7) is 2.57. The van der Waals surface area contributed by atoms with Crippen molar-refractivity contribution in [3.05, 3.63) is 18.0 Å². The molecule has 0 saturated carbocycles. The molecule has 0 radical (unpaired) electrons. The van der Waals surface area contributed by atoms with Crippen molar-refractivity contribution < 1.29 is 4.79 Å². The Morgan fingerprint density at radius 2 is 2.40 bits per heavy atom. The summed E-state index contributed by atoms with van der Waals surface area (Å²) < 4.78 is 1.62. The van der Waals surface area contributed by atoms with E-state index in [4.69, 9.17) is 11.6 Å². The highest BCUT2D eigenvalue weighted by Gasteiger charge is 2.14. The molecule has 1 unspecified atom stereocenters. The van der Waals surface area contributed by atoms with Gasteiger partial charge in [-0.05, 0) is 19.4 Å². The summed E-state index contributed by atoms with van der Waals surface area (Å²) in [5, 5.41) is 4.14. The molecule has 1 aromatic rings. The Kier molecular flexibility index (Phi) is 4.15. The topological polar surface area (TPSA) is 38.1 Å². The zero-order valence-electron chi connectivity index (χ0n) is 9.27. The molecule has 0 fully saturated rings. The van der Waals surface area contributed by atoms with Crippen molar-refractivity contribution in [1.82, 2.24) is 14.7 Å². The molecule has 1 atom stereocenters. The molecule has 0 saturated heterocycles. The number of carbonyl (C=O) groups is 1. The standard InChI is InChI=1S/C10H16ClN3O/c1-8(11)4-6-13(2)10(15)9-5-7-14(3)12-9/h5,7-8H,4,6H2,1-3H3. The zero-order valence-corrected chi connectivity index (χ0v) is 10.0. The van der Waals surface area contributed by atoms with Crippen molar-refractivity contribution in [1.29, 1.82) is 0 Å². The highest BCUT2D eigenvalue weighted by molar-refractivity contribution is 6.20. The Bertz CT molecular complexity index is 335. The first-order valence-electron chi connectivity index (χ1n) is 4.90. The van der Waals surface area contributed by atoms with E-state index in [9.17, 15) is 4.79 Å². The van der Waals surface area contributed by atoms with Crippen molar-refractivity contribution in [3.8, 4) is 0 Å². The minimum absolute atomic E-state index is 0.0621. The highest BCUT2D eigenvalue weighted by atomic mass is 35.5. The fourth-order valence-corrected chi connectivity index (χ4v) is 1.30. The molecule has 4 nitrogen and oxygen atoms in total. The summed E-state index contributed by atoms with van der Waals surface area (Å²) in [6.07, 6.45) is 2.54. The molecule has 0 aromatic carbocycles. The maximum Gasteiger partial charge on any atom is 0.274 e. The number of carbonyl (C=O) groups excluding carboxylic acids is 1. The van der Waals surface area contributed by atoms with E-state index in [0.29, 0.717) is 12.2 Å². The second kappa shape index (κ2) is 5.16. The Labute approximate surface area is 94.8 Å². The zero-order chi connectivity index (χ0) is 11.4. The molecule has 5 heteroatoms. The third-order valence-electron chi connectivity index (χ3n) is 2.14. The fraction of sp³-hybridized carbons (Fsp3) is 0.600. The van der Waals surface area contributed by atoms with E-state index in [0.717, 1.165) is 6.42 Å². The van der Waals surface area contributed by atoms with Gasteiger partial charge in [0.2, 0.25) is 0 Å². The van der Waals surface area contributed by atoms with E-state index in [1.807, 2.05) is 6.92 Å². The van der Waals surface area contributed by atoms with Crippen LogP contribution in [0.2, 0.25) is 0 Å². The van der Waals surface area contributed by atoms with Gasteiger partial charge in [-0.3, -0.25) is 9.48 Å². The first kappa shape index (κ1) is 12.0. The Hall–Kier alpha value is -1.03. The molecule has 84 valence electrons. The van der Waals surface area contributed by atoms with Gasteiger partial charge in [-0.1, -0.05) is 0 Å². The van der Waals surface area contributed by atoms with Gasteiger partial charge in [-0.15, -0.1) is 11.6 Å². The summed E-state index contributed by atoms with van der Waals surface area (Å²) in [5.41, 5.74) is 0.474. The third-order valence-corrected chi connectivity index (χ3v) is 2.36. The van der Waals surface area contributed by atoms with Crippen LogP contribution in [0.3, 0.4) is 0 Å². The second-order valence-corrected chi connectivity index (χ2v) is 4.42. The van der Waals surface area contributed by atoms with Crippen LogP contribution in [0.15, 0.2) is 12.3 Å². The highest BCUT2D eigenvalue weighted by Crippen LogP contribution is 2.04. The predicted octanol–water partition coefficient (Wildman–Crippen LogP) is 1.51. The maximum absolute atomic E-state index is 11.8. The van der Waals surface area contributed by atoms with Crippen molar-refractivity contribution >= 4 is 17.5 Å². The Morgan fingerprint density at radius 1 is 1.73 bits per heavy atom. The monoisotopic (exact) mass is 229 g/mol. The van der Waals surface area contributed by atoms with Crippen molar-refractivity contribution in [2.75, 3.05) is 13.6 Å². The number of aromatic nitrogens is 2. The minimum Gasteiger partial charge on any atom is -0.340 e. The summed E-state index contributed by atoms with van der Waals surface area (Å²) >= 11 is 5.82. The van der Waals surface area contributed by atoms with Crippen LogP contribution >= 0.6 is 11.6 Å². The molecule has 15 heavy (non-hydrogen) atoms. The molecule has 1 aromatic heterocycles. The average Bonchev–Trinajstić information content (AvgIpc) is 2.60. The lowest BCUT2D eigenvalue weighted by molar-refractivity contribution is 0.0787. The number of amides is 1. The van der Waals surface area contributed by atoms with E-state index in [1.165, 1.54) is 0 Å². The smallest absolute Gasteiger partial charge is 0.274 e. The number of halogens is 1. The molecule has 1 heterocycles. The molecule has 1 amide bonds. The van der Waals surface area contributed by atoms with Gasteiger partial charge in [0, 0.05) is 32.2 Å². The number of aryl methyl sites for hydroxylation is 1. The fourth-order valence-electron chi connectivity index (χ4n) is 1.20. The second-order valence-electron chi connectivity index (χ2n) is 3.67. The average molecular weight is 230 g/mol. The van der Waals surface area contributed by atoms with Gasteiger partial charge in [0.05, 0.1) is 0 Å². The van der Waals surface area contributed by atoms with Crippen LogP contribution in [-0.4, -0.2) is 39.6 Å². The van der Waals surface area contributed by atoms with Crippen LogP contribution in [-0.2, 0) is 7.05 Å². The predicted molar refractivity (Wildman–Crippen MR) is 60.1 cm³/mol. The normalized spacial score (nSPS) is 12.5. The van der Waals surface area contributed by atoms with Crippen LogP contribution in [0.4, 0.5) is 0 Å². The van der Waals surface area contributed by atoms with Crippen LogP contribution in [0.5, 0.6) is 0 Å². The van der Waals surface area contributed by atoms with E-state index in [-0.39, 0.29) is 11.3 Å². The lowest BCUT2D eigenvalue weighted by atomic mass is 10.3. The SMILES string of the molecule is CC(Cl)CCN(C)C(=O)c1ccn(C)n1. The molecular formula is C10H16ClN3O. The van der Waals surface area contributed by atoms with Crippen molar-refractivity contribution in [3.63, 3.8) is 0 Å². The lowest BCUT2D eigenvalue weighted by Gasteiger charge is -2.16. The van der Waals surface area contributed by atoms with E-state index in [2.05, 4.69) is 5.10 Å². The largest absolute Gasteiger partial charge is 0.340 e. The minimum atomic E-state index is -0.0621. The molecule has 0 aliphatic rings. The first-order valence-corrected chi connectivity index (χ1v) is 5.33. The van der Waals surface area contributed by atoms with Gasteiger partial charge in [-0.2, -0.15) is 5.10 Å². The van der Waals surface area contributed by atoms with Gasteiger partial charge in [0.15, 0.2) is 0 Å².